The predicted octanol–water partition coefficient (Wildman–Crippen LogP) is 1.33. The van der Waals surface area contributed by atoms with E-state index in [0.29, 0.717) is 0 Å². The standard InChI is InChI=1S/C14H17N5O/c15-13-6-2-5-12(13)14(20)18-10-3-1-4-11(7-10)19-8-16-17-9-19/h1,3-4,7-9,12-13H,2,5-6,15H2,(H,18,20). The zero-order chi connectivity index (χ0) is 13.9. The van der Waals surface area contributed by atoms with Crippen LogP contribution in [-0.4, -0.2) is 26.7 Å². The third kappa shape index (κ3) is 2.55. The van der Waals surface area contributed by atoms with Crippen molar-refractivity contribution in [3.63, 3.8) is 0 Å². The molecule has 1 aliphatic carbocycles. The van der Waals surface area contributed by atoms with Gasteiger partial charge in [0.25, 0.3) is 0 Å². The van der Waals surface area contributed by atoms with Crippen LogP contribution in [0.2, 0.25) is 0 Å². The Bertz CT molecular complexity index is 595. The molecule has 6 nitrogen and oxygen atoms in total. The van der Waals surface area contributed by atoms with E-state index in [2.05, 4.69) is 15.5 Å². The number of nitrogens with one attached hydrogen (secondary N) is 1. The smallest absolute Gasteiger partial charge is 0.229 e. The first-order valence-corrected chi connectivity index (χ1v) is 6.75. The lowest BCUT2D eigenvalue weighted by molar-refractivity contribution is -0.120. The SMILES string of the molecule is NC1CCCC1C(=O)Nc1cccc(-n2cnnc2)c1. The highest BCUT2D eigenvalue weighted by atomic mass is 16.1. The van der Waals surface area contributed by atoms with E-state index in [1.54, 1.807) is 17.2 Å². The van der Waals surface area contributed by atoms with Gasteiger partial charge in [-0.1, -0.05) is 12.5 Å². The largest absolute Gasteiger partial charge is 0.327 e. The fourth-order valence-corrected chi connectivity index (χ4v) is 2.63. The average Bonchev–Trinajstić information content (AvgIpc) is 3.09. The Labute approximate surface area is 117 Å². The molecule has 1 amide bonds. The van der Waals surface area contributed by atoms with Crippen LogP contribution in [0.1, 0.15) is 19.3 Å². The van der Waals surface area contributed by atoms with Gasteiger partial charge in [0.1, 0.15) is 12.7 Å². The van der Waals surface area contributed by atoms with Gasteiger partial charge in [-0.3, -0.25) is 9.36 Å². The van der Waals surface area contributed by atoms with Gasteiger partial charge in [-0.15, -0.1) is 10.2 Å². The lowest BCUT2D eigenvalue weighted by atomic mass is 10.0. The second-order valence-electron chi connectivity index (χ2n) is 5.11. The molecule has 1 saturated carbocycles. The number of carbonyl (C=O) groups is 1. The fourth-order valence-electron chi connectivity index (χ4n) is 2.63. The number of anilines is 1. The van der Waals surface area contributed by atoms with E-state index in [1.165, 1.54) is 0 Å². The van der Waals surface area contributed by atoms with Crippen LogP contribution in [-0.2, 0) is 4.79 Å². The molecule has 1 heterocycles. The third-order valence-corrected chi connectivity index (χ3v) is 3.74. The maximum Gasteiger partial charge on any atom is 0.229 e. The topological polar surface area (TPSA) is 85.8 Å². The van der Waals surface area contributed by atoms with Gasteiger partial charge in [0, 0.05) is 11.7 Å². The molecule has 0 radical (unpaired) electrons. The molecular weight excluding hydrogens is 254 g/mol. The van der Waals surface area contributed by atoms with Crippen LogP contribution >= 0.6 is 0 Å². The minimum absolute atomic E-state index is 0.0101. The van der Waals surface area contributed by atoms with Gasteiger partial charge < -0.3 is 11.1 Å². The maximum absolute atomic E-state index is 12.2. The number of nitrogens with zero attached hydrogens (tertiary/aromatic N) is 3. The van der Waals surface area contributed by atoms with Crippen LogP contribution in [0, 0.1) is 5.92 Å². The van der Waals surface area contributed by atoms with Crippen molar-refractivity contribution < 1.29 is 4.79 Å². The first-order valence-electron chi connectivity index (χ1n) is 6.75. The van der Waals surface area contributed by atoms with E-state index in [0.717, 1.165) is 30.6 Å². The number of nitrogens with two attached hydrogens (primary N) is 1. The molecule has 2 unspecified atom stereocenters. The molecule has 3 rings (SSSR count). The Morgan fingerprint density at radius 3 is 2.80 bits per heavy atom. The zero-order valence-electron chi connectivity index (χ0n) is 11.1. The summed E-state index contributed by atoms with van der Waals surface area (Å²) < 4.78 is 1.79. The molecule has 2 aromatic rings. The molecule has 1 aromatic carbocycles. The molecule has 20 heavy (non-hydrogen) atoms. The van der Waals surface area contributed by atoms with E-state index in [9.17, 15) is 4.79 Å². The van der Waals surface area contributed by atoms with Crippen LogP contribution in [0.15, 0.2) is 36.9 Å². The first-order chi connectivity index (χ1) is 9.74. The summed E-state index contributed by atoms with van der Waals surface area (Å²) in [5, 5.41) is 10.5. The summed E-state index contributed by atoms with van der Waals surface area (Å²) in [6.45, 7) is 0. The number of aromatic nitrogens is 3. The summed E-state index contributed by atoms with van der Waals surface area (Å²) in [5.74, 6) is -0.0653. The molecule has 0 bridgehead atoms. The van der Waals surface area contributed by atoms with Gasteiger partial charge >= 0.3 is 0 Å². The van der Waals surface area contributed by atoms with Gasteiger partial charge in [-0.2, -0.15) is 0 Å². The Balaban J connectivity index is 1.74. The molecule has 0 aliphatic heterocycles. The normalized spacial score (nSPS) is 21.9. The highest BCUT2D eigenvalue weighted by molar-refractivity contribution is 5.93. The zero-order valence-corrected chi connectivity index (χ0v) is 11.1. The first kappa shape index (κ1) is 12.8. The predicted molar refractivity (Wildman–Crippen MR) is 75.3 cm³/mol. The summed E-state index contributed by atoms with van der Waals surface area (Å²) in [6.07, 6.45) is 6.07. The minimum atomic E-state index is -0.0754. The van der Waals surface area contributed by atoms with Gasteiger partial charge in [-0.05, 0) is 31.0 Å². The van der Waals surface area contributed by atoms with Crippen molar-refractivity contribution in [1.29, 1.82) is 0 Å². The summed E-state index contributed by atoms with van der Waals surface area (Å²) in [5.41, 5.74) is 7.63. The van der Waals surface area contributed by atoms with Crippen LogP contribution in [0.3, 0.4) is 0 Å². The van der Waals surface area contributed by atoms with Crippen molar-refractivity contribution in [3.8, 4) is 5.69 Å². The van der Waals surface area contributed by atoms with E-state index >= 15 is 0 Å². The van der Waals surface area contributed by atoms with Crippen molar-refractivity contribution in [1.82, 2.24) is 14.8 Å². The molecule has 104 valence electrons. The van der Waals surface area contributed by atoms with E-state index in [1.807, 2.05) is 24.3 Å². The highest BCUT2D eigenvalue weighted by Gasteiger charge is 2.30. The van der Waals surface area contributed by atoms with E-state index < -0.39 is 0 Å². The van der Waals surface area contributed by atoms with Crippen LogP contribution in [0.4, 0.5) is 5.69 Å². The number of carbonyl (C=O) groups excluding carboxylic acids is 1. The van der Waals surface area contributed by atoms with Crippen LogP contribution in [0.25, 0.3) is 5.69 Å². The highest BCUT2D eigenvalue weighted by Crippen LogP contribution is 2.25. The third-order valence-electron chi connectivity index (χ3n) is 3.74. The summed E-state index contributed by atoms with van der Waals surface area (Å²) >= 11 is 0. The van der Waals surface area contributed by atoms with E-state index in [-0.39, 0.29) is 17.9 Å². The van der Waals surface area contributed by atoms with Crippen LogP contribution in [0.5, 0.6) is 0 Å². The quantitative estimate of drug-likeness (QED) is 0.882. The second-order valence-corrected chi connectivity index (χ2v) is 5.11. The molecular formula is C14H17N5O. The number of hydrogen-bond acceptors (Lipinski definition) is 4. The summed E-state index contributed by atoms with van der Waals surface area (Å²) in [7, 11) is 0. The van der Waals surface area contributed by atoms with Crippen molar-refractivity contribution >= 4 is 11.6 Å². The average molecular weight is 271 g/mol. The lowest BCUT2D eigenvalue weighted by Crippen LogP contribution is -2.34. The lowest BCUT2D eigenvalue weighted by Gasteiger charge is -2.15. The fraction of sp³-hybridized carbons (Fsp3) is 0.357. The Hall–Kier alpha value is -2.21. The van der Waals surface area contributed by atoms with Gasteiger partial charge in [0.2, 0.25) is 5.91 Å². The number of benzene rings is 1. The molecule has 0 saturated heterocycles. The Morgan fingerprint density at radius 2 is 2.10 bits per heavy atom. The Morgan fingerprint density at radius 1 is 1.30 bits per heavy atom. The number of amides is 1. The molecule has 1 fully saturated rings. The van der Waals surface area contributed by atoms with Crippen molar-refractivity contribution in [2.45, 2.75) is 25.3 Å². The summed E-state index contributed by atoms with van der Waals surface area (Å²) in [4.78, 5) is 12.2. The van der Waals surface area contributed by atoms with E-state index in [4.69, 9.17) is 5.73 Å². The second kappa shape index (κ2) is 5.42. The number of rotatable bonds is 3. The Kier molecular flexibility index (Phi) is 3.47. The monoisotopic (exact) mass is 271 g/mol. The molecule has 0 spiro atoms. The van der Waals surface area contributed by atoms with Gasteiger partial charge in [-0.25, -0.2) is 0 Å². The molecule has 1 aliphatic rings. The van der Waals surface area contributed by atoms with Gasteiger partial charge in [0.05, 0.1) is 11.6 Å². The molecule has 6 heteroatoms. The number of hydrogen-bond donors (Lipinski definition) is 2. The van der Waals surface area contributed by atoms with Crippen molar-refractivity contribution in [3.05, 3.63) is 36.9 Å². The molecule has 1 aromatic heterocycles. The van der Waals surface area contributed by atoms with Crippen LogP contribution < -0.4 is 11.1 Å². The van der Waals surface area contributed by atoms with Crippen molar-refractivity contribution in [2.24, 2.45) is 11.7 Å². The minimum Gasteiger partial charge on any atom is -0.327 e. The van der Waals surface area contributed by atoms with Crippen molar-refractivity contribution in [2.75, 3.05) is 5.32 Å². The summed E-state index contributed by atoms with van der Waals surface area (Å²) in [6, 6.07) is 7.56. The maximum atomic E-state index is 12.2. The van der Waals surface area contributed by atoms with Gasteiger partial charge in [0.15, 0.2) is 0 Å². The molecule has 2 atom stereocenters. The molecule has 3 N–H and O–H groups in total.